The first-order chi connectivity index (χ1) is 9.47. The molecule has 1 amide bonds. The summed E-state index contributed by atoms with van der Waals surface area (Å²) in [6.07, 6.45) is 0. The molecule has 0 aliphatic carbocycles. The normalized spacial score (nSPS) is 12.4. The number of fused-ring (bicyclic) bond motifs is 1. The number of rotatable bonds is 3. The second-order valence-corrected chi connectivity index (χ2v) is 5.15. The molecule has 2 aromatic rings. The van der Waals surface area contributed by atoms with Gasteiger partial charge in [0, 0.05) is 22.8 Å². The zero-order chi connectivity index (χ0) is 14.9. The van der Waals surface area contributed by atoms with Crippen molar-refractivity contribution in [3.8, 4) is 5.75 Å². The number of carbonyl (C=O) groups excluding carboxylic acids is 1. The van der Waals surface area contributed by atoms with Crippen LogP contribution in [0.5, 0.6) is 5.75 Å². The lowest BCUT2D eigenvalue weighted by atomic mass is 10.0. The lowest BCUT2D eigenvalue weighted by Crippen LogP contribution is -2.37. The molecule has 0 radical (unpaired) electrons. The van der Waals surface area contributed by atoms with Gasteiger partial charge in [0.05, 0.1) is 18.2 Å². The van der Waals surface area contributed by atoms with E-state index >= 15 is 0 Å². The lowest BCUT2D eigenvalue weighted by molar-refractivity contribution is 0.0679. The Balaban J connectivity index is 2.55. The van der Waals surface area contributed by atoms with Crippen LogP contribution in [-0.4, -0.2) is 40.7 Å². The zero-order valence-electron chi connectivity index (χ0n) is 11.3. The Morgan fingerprint density at radius 2 is 1.95 bits per heavy atom. The van der Waals surface area contributed by atoms with Crippen LogP contribution in [0, 0.1) is 0 Å². The van der Waals surface area contributed by atoms with Gasteiger partial charge in [-0.05, 0) is 13.0 Å². The first-order valence-electron chi connectivity index (χ1n) is 6.25. The van der Waals surface area contributed by atoms with Crippen molar-refractivity contribution in [2.75, 3.05) is 13.7 Å². The minimum Gasteiger partial charge on any atom is -0.506 e. The number of aliphatic hydroxyl groups excluding tert-OH is 1. The third kappa shape index (κ3) is 2.44. The lowest BCUT2D eigenvalue weighted by Gasteiger charge is -2.24. The molecule has 2 aromatic carbocycles. The summed E-state index contributed by atoms with van der Waals surface area (Å²) in [6, 6.07) is 8.20. The summed E-state index contributed by atoms with van der Waals surface area (Å²) in [5.41, 5.74) is 0.136. The van der Waals surface area contributed by atoms with Crippen molar-refractivity contribution in [2.24, 2.45) is 0 Å². The van der Waals surface area contributed by atoms with E-state index in [1.807, 2.05) is 6.07 Å². The van der Waals surface area contributed by atoms with Gasteiger partial charge in [0.1, 0.15) is 5.75 Å². The van der Waals surface area contributed by atoms with Gasteiger partial charge in [-0.25, -0.2) is 0 Å². The summed E-state index contributed by atoms with van der Waals surface area (Å²) < 4.78 is 0. The van der Waals surface area contributed by atoms with Crippen molar-refractivity contribution in [3.63, 3.8) is 0 Å². The summed E-state index contributed by atoms with van der Waals surface area (Å²) in [7, 11) is 1.58. The highest BCUT2D eigenvalue weighted by molar-refractivity contribution is 6.36. The number of carbonyl (C=O) groups is 1. The van der Waals surface area contributed by atoms with Crippen LogP contribution in [0.25, 0.3) is 10.8 Å². The van der Waals surface area contributed by atoms with Crippen LogP contribution in [0.3, 0.4) is 0 Å². The molecule has 20 heavy (non-hydrogen) atoms. The fraction of sp³-hybridized carbons (Fsp3) is 0.267. The number of aromatic hydroxyl groups is 1. The Kier molecular flexibility index (Phi) is 4.16. The summed E-state index contributed by atoms with van der Waals surface area (Å²) >= 11 is 6.17. The molecule has 0 fully saturated rings. The van der Waals surface area contributed by atoms with E-state index < -0.39 is 0 Å². The van der Waals surface area contributed by atoms with Gasteiger partial charge in [0.25, 0.3) is 5.91 Å². The molecular weight excluding hydrogens is 278 g/mol. The highest BCUT2D eigenvalue weighted by atomic mass is 35.5. The number of aliphatic hydroxyl groups is 1. The SMILES string of the molecule is CC(CO)N(C)C(=O)c1cc(Cl)c2ccccc2c1O. The van der Waals surface area contributed by atoms with Gasteiger partial charge in [0.2, 0.25) is 0 Å². The third-order valence-corrected chi connectivity index (χ3v) is 3.75. The van der Waals surface area contributed by atoms with Crippen LogP contribution in [0.2, 0.25) is 5.02 Å². The molecule has 0 aliphatic rings. The molecule has 2 rings (SSSR count). The fourth-order valence-electron chi connectivity index (χ4n) is 1.99. The van der Waals surface area contributed by atoms with Crippen LogP contribution in [0.1, 0.15) is 17.3 Å². The molecule has 0 saturated heterocycles. The summed E-state index contributed by atoms with van der Waals surface area (Å²) in [6.45, 7) is 1.57. The molecule has 0 spiro atoms. The van der Waals surface area contributed by atoms with Gasteiger partial charge in [-0.1, -0.05) is 35.9 Å². The number of nitrogens with zero attached hydrogens (tertiary/aromatic N) is 1. The standard InChI is InChI=1S/C15H16ClNO3/c1-9(8-18)17(2)15(20)12-7-13(16)10-5-3-4-6-11(10)14(12)19/h3-7,9,18-19H,8H2,1-2H3. The first-order valence-corrected chi connectivity index (χ1v) is 6.63. The largest absolute Gasteiger partial charge is 0.506 e. The van der Waals surface area contributed by atoms with E-state index in [2.05, 4.69) is 0 Å². The summed E-state index contributed by atoms with van der Waals surface area (Å²) in [5.74, 6) is -0.469. The third-order valence-electron chi connectivity index (χ3n) is 3.44. The van der Waals surface area contributed by atoms with Gasteiger partial charge in [-0.2, -0.15) is 0 Å². The smallest absolute Gasteiger partial charge is 0.257 e. The summed E-state index contributed by atoms with van der Waals surface area (Å²) in [4.78, 5) is 13.7. The van der Waals surface area contributed by atoms with E-state index in [1.165, 1.54) is 11.0 Å². The van der Waals surface area contributed by atoms with E-state index in [9.17, 15) is 9.90 Å². The van der Waals surface area contributed by atoms with Crippen molar-refractivity contribution in [2.45, 2.75) is 13.0 Å². The minimum absolute atomic E-state index is 0.0908. The maximum atomic E-state index is 12.4. The van der Waals surface area contributed by atoms with E-state index in [-0.39, 0.29) is 29.9 Å². The quantitative estimate of drug-likeness (QED) is 0.914. The van der Waals surface area contributed by atoms with Crippen molar-refractivity contribution in [3.05, 3.63) is 40.9 Å². The van der Waals surface area contributed by atoms with E-state index in [4.69, 9.17) is 16.7 Å². The van der Waals surface area contributed by atoms with Crippen LogP contribution >= 0.6 is 11.6 Å². The van der Waals surface area contributed by atoms with Gasteiger partial charge >= 0.3 is 0 Å². The van der Waals surface area contributed by atoms with Crippen molar-refractivity contribution in [1.29, 1.82) is 0 Å². The topological polar surface area (TPSA) is 60.8 Å². The van der Waals surface area contributed by atoms with Crippen molar-refractivity contribution >= 4 is 28.3 Å². The second-order valence-electron chi connectivity index (χ2n) is 4.75. The summed E-state index contributed by atoms with van der Waals surface area (Å²) in [5, 5.41) is 21.0. The molecule has 0 aromatic heterocycles. The molecule has 0 aliphatic heterocycles. The fourth-order valence-corrected chi connectivity index (χ4v) is 2.27. The van der Waals surface area contributed by atoms with Crippen LogP contribution in [-0.2, 0) is 0 Å². The molecule has 5 heteroatoms. The first kappa shape index (κ1) is 14.6. The number of halogens is 1. The van der Waals surface area contributed by atoms with E-state index in [1.54, 1.807) is 32.2 Å². The molecule has 0 saturated carbocycles. The van der Waals surface area contributed by atoms with Gasteiger partial charge in [0.15, 0.2) is 0 Å². The number of hydrogen-bond donors (Lipinski definition) is 2. The average Bonchev–Trinajstić information content (AvgIpc) is 2.48. The predicted octanol–water partition coefficient (Wildman–Crippen LogP) is 2.65. The number of likely N-dealkylation sites (N-methyl/N-ethyl adjacent to an activating group) is 1. The zero-order valence-corrected chi connectivity index (χ0v) is 12.1. The van der Waals surface area contributed by atoms with Gasteiger partial charge < -0.3 is 15.1 Å². The van der Waals surface area contributed by atoms with Crippen molar-refractivity contribution < 1.29 is 15.0 Å². The van der Waals surface area contributed by atoms with E-state index in [0.717, 1.165) is 0 Å². The molecule has 106 valence electrons. The number of benzene rings is 2. The minimum atomic E-state index is -0.378. The van der Waals surface area contributed by atoms with Crippen molar-refractivity contribution in [1.82, 2.24) is 4.90 Å². The predicted molar refractivity (Wildman–Crippen MR) is 79.3 cm³/mol. The number of phenolic OH excluding ortho intramolecular Hbond substituents is 1. The molecule has 0 bridgehead atoms. The van der Waals surface area contributed by atoms with E-state index in [0.29, 0.717) is 15.8 Å². The molecule has 2 N–H and O–H groups in total. The Bertz CT molecular complexity index is 657. The van der Waals surface area contributed by atoms with Crippen LogP contribution in [0.15, 0.2) is 30.3 Å². The number of hydrogen-bond acceptors (Lipinski definition) is 3. The second kappa shape index (κ2) is 5.69. The molecule has 1 atom stereocenters. The Labute approximate surface area is 122 Å². The molecular formula is C15H16ClNO3. The number of amides is 1. The van der Waals surface area contributed by atoms with Gasteiger partial charge in [-0.3, -0.25) is 4.79 Å². The maximum Gasteiger partial charge on any atom is 0.257 e. The monoisotopic (exact) mass is 293 g/mol. The Hall–Kier alpha value is -1.78. The van der Waals surface area contributed by atoms with Gasteiger partial charge in [-0.15, -0.1) is 0 Å². The molecule has 4 nitrogen and oxygen atoms in total. The highest BCUT2D eigenvalue weighted by Gasteiger charge is 2.22. The van der Waals surface area contributed by atoms with Crippen LogP contribution < -0.4 is 0 Å². The molecule has 1 unspecified atom stereocenters. The maximum absolute atomic E-state index is 12.4. The Morgan fingerprint density at radius 1 is 1.35 bits per heavy atom. The highest BCUT2D eigenvalue weighted by Crippen LogP contribution is 2.34. The average molecular weight is 294 g/mol. The molecule has 0 heterocycles. The van der Waals surface area contributed by atoms with Crippen LogP contribution in [0.4, 0.5) is 0 Å². The number of phenols is 1. The Morgan fingerprint density at radius 3 is 2.55 bits per heavy atom.